The van der Waals surface area contributed by atoms with Gasteiger partial charge in [-0.2, -0.15) is 0 Å². The summed E-state index contributed by atoms with van der Waals surface area (Å²) in [6.45, 7) is 0.882. The molecular weight excluding hydrogens is 220 g/mol. The molecule has 0 N–H and O–H groups in total. The fourth-order valence-corrected chi connectivity index (χ4v) is 2.30. The number of benzene rings is 1. The van der Waals surface area contributed by atoms with Gasteiger partial charge in [-0.15, -0.1) is 11.8 Å². The monoisotopic (exact) mass is 240 g/mol. The van der Waals surface area contributed by atoms with Crippen LogP contribution in [0.15, 0.2) is 29.2 Å². The van der Waals surface area contributed by atoms with Crippen molar-refractivity contribution in [3.8, 4) is 5.75 Å². The summed E-state index contributed by atoms with van der Waals surface area (Å²) in [4.78, 5) is 1.31. The predicted molar refractivity (Wildman–Crippen MR) is 69.4 cm³/mol. The van der Waals surface area contributed by atoms with Crippen LogP contribution in [0.3, 0.4) is 0 Å². The molecule has 1 aromatic carbocycles. The van der Waals surface area contributed by atoms with Gasteiger partial charge in [0.2, 0.25) is 0 Å². The molecule has 0 saturated heterocycles. The van der Waals surface area contributed by atoms with Crippen LogP contribution in [0.4, 0.5) is 0 Å². The molecule has 2 nitrogen and oxygen atoms in total. The zero-order valence-electron chi connectivity index (χ0n) is 10.1. The second kappa shape index (κ2) is 8.48. The average Bonchev–Trinajstić information content (AvgIpc) is 2.34. The van der Waals surface area contributed by atoms with E-state index in [4.69, 9.17) is 9.47 Å². The van der Waals surface area contributed by atoms with Gasteiger partial charge < -0.3 is 9.47 Å². The summed E-state index contributed by atoms with van der Waals surface area (Å²) >= 11 is 1.90. The third-order valence-electron chi connectivity index (χ3n) is 2.32. The van der Waals surface area contributed by atoms with Gasteiger partial charge in [0.05, 0.1) is 7.11 Å². The standard InChI is InChI=1S/C13H20O2S/c1-14-10-4-3-5-11-16-13-8-6-12(15-2)7-9-13/h6-9H,3-5,10-11H2,1-2H3. The predicted octanol–water partition coefficient (Wildman–Crippen LogP) is 3.60. The maximum atomic E-state index is 5.12. The molecule has 0 heterocycles. The van der Waals surface area contributed by atoms with Gasteiger partial charge in [-0.25, -0.2) is 0 Å². The Balaban J connectivity index is 2.12. The van der Waals surface area contributed by atoms with Crippen LogP contribution in [0, 0.1) is 0 Å². The number of thioether (sulfide) groups is 1. The van der Waals surface area contributed by atoms with Crippen LogP contribution < -0.4 is 4.74 Å². The lowest BCUT2D eigenvalue weighted by Crippen LogP contribution is -1.89. The molecular formula is C13H20O2S. The highest BCUT2D eigenvalue weighted by atomic mass is 32.2. The van der Waals surface area contributed by atoms with E-state index in [1.54, 1.807) is 14.2 Å². The van der Waals surface area contributed by atoms with Gasteiger partial charge in [0, 0.05) is 18.6 Å². The third-order valence-corrected chi connectivity index (χ3v) is 3.42. The Morgan fingerprint density at radius 2 is 1.75 bits per heavy atom. The van der Waals surface area contributed by atoms with Crippen LogP contribution in [0.2, 0.25) is 0 Å². The van der Waals surface area contributed by atoms with E-state index >= 15 is 0 Å². The van der Waals surface area contributed by atoms with Crippen LogP contribution >= 0.6 is 11.8 Å². The van der Waals surface area contributed by atoms with E-state index < -0.39 is 0 Å². The molecule has 0 unspecified atom stereocenters. The molecule has 1 rings (SSSR count). The van der Waals surface area contributed by atoms with Crippen LogP contribution in [0.5, 0.6) is 5.75 Å². The Morgan fingerprint density at radius 1 is 1.00 bits per heavy atom. The highest BCUT2D eigenvalue weighted by Crippen LogP contribution is 2.22. The lowest BCUT2D eigenvalue weighted by molar-refractivity contribution is 0.192. The van der Waals surface area contributed by atoms with Crippen molar-refractivity contribution < 1.29 is 9.47 Å². The molecule has 0 saturated carbocycles. The first-order valence-electron chi connectivity index (χ1n) is 5.62. The lowest BCUT2D eigenvalue weighted by atomic mass is 10.3. The normalized spacial score (nSPS) is 10.4. The van der Waals surface area contributed by atoms with E-state index in [9.17, 15) is 0 Å². The number of hydrogen-bond donors (Lipinski definition) is 0. The molecule has 16 heavy (non-hydrogen) atoms. The van der Waals surface area contributed by atoms with Crippen LogP contribution in [-0.4, -0.2) is 26.6 Å². The van der Waals surface area contributed by atoms with E-state index in [-0.39, 0.29) is 0 Å². The molecule has 0 aliphatic heterocycles. The fourth-order valence-electron chi connectivity index (χ4n) is 1.39. The van der Waals surface area contributed by atoms with E-state index in [1.807, 2.05) is 23.9 Å². The molecule has 1 aromatic rings. The Labute approximate surface area is 102 Å². The quantitative estimate of drug-likeness (QED) is 0.511. The molecule has 0 bridgehead atoms. The second-order valence-corrected chi connectivity index (χ2v) is 4.75. The van der Waals surface area contributed by atoms with E-state index in [2.05, 4.69) is 12.1 Å². The minimum atomic E-state index is 0.882. The van der Waals surface area contributed by atoms with Crippen molar-refractivity contribution >= 4 is 11.8 Å². The Kier molecular flexibility index (Phi) is 7.10. The van der Waals surface area contributed by atoms with E-state index in [0.717, 1.165) is 12.4 Å². The third kappa shape index (κ3) is 5.42. The smallest absolute Gasteiger partial charge is 0.118 e. The number of ether oxygens (including phenoxy) is 2. The van der Waals surface area contributed by atoms with Crippen LogP contribution in [0.25, 0.3) is 0 Å². The van der Waals surface area contributed by atoms with Gasteiger partial charge in [0.15, 0.2) is 0 Å². The minimum Gasteiger partial charge on any atom is -0.497 e. The minimum absolute atomic E-state index is 0.882. The summed E-state index contributed by atoms with van der Waals surface area (Å²) in [6, 6.07) is 8.23. The number of unbranched alkanes of at least 4 members (excludes halogenated alkanes) is 2. The summed E-state index contributed by atoms with van der Waals surface area (Å²) in [5.41, 5.74) is 0. The lowest BCUT2D eigenvalue weighted by Gasteiger charge is -2.03. The molecule has 0 atom stereocenters. The number of methoxy groups -OCH3 is 2. The zero-order chi connectivity index (χ0) is 11.6. The fraction of sp³-hybridized carbons (Fsp3) is 0.538. The van der Waals surface area contributed by atoms with Crippen molar-refractivity contribution in [1.29, 1.82) is 0 Å². The van der Waals surface area contributed by atoms with E-state index in [0.29, 0.717) is 0 Å². The molecule has 0 radical (unpaired) electrons. The SMILES string of the molecule is COCCCCCSc1ccc(OC)cc1. The number of hydrogen-bond acceptors (Lipinski definition) is 3. The molecule has 0 aliphatic rings. The molecule has 90 valence electrons. The summed E-state index contributed by atoms with van der Waals surface area (Å²) in [6.07, 6.45) is 3.66. The first-order chi connectivity index (χ1) is 7.86. The molecule has 0 aliphatic carbocycles. The summed E-state index contributed by atoms with van der Waals surface area (Å²) in [7, 11) is 3.45. The molecule has 0 fully saturated rings. The molecule has 0 aromatic heterocycles. The largest absolute Gasteiger partial charge is 0.497 e. The average molecular weight is 240 g/mol. The second-order valence-electron chi connectivity index (χ2n) is 3.58. The molecule has 0 spiro atoms. The first kappa shape index (κ1) is 13.4. The van der Waals surface area contributed by atoms with Crippen molar-refractivity contribution in [1.82, 2.24) is 0 Å². The Bertz CT molecular complexity index is 272. The van der Waals surface area contributed by atoms with Crippen LogP contribution in [-0.2, 0) is 4.74 Å². The van der Waals surface area contributed by atoms with Gasteiger partial charge in [0.25, 0.3) is 0 Å². The summed E-state index contributed by atoms with van der Waals surface area (Å²) in [5, 5.41) is 0. The highest BCUT2D eigenvalue weighted by molar-refractivity contribution is 7.99. The van der Waals surface area contributed by atoms with Crippen molar-refractivity contribution in [3.05, 3.63) is 24.3 Å². The summed E-state index contributed by atoms with van der Waals surface area (Å²) in [5.74, 6) is 2.10. The van der Waals surface area contributed by atoms with Crippen molar-refractivity contribution in [2.45, 2.75) is 24.2 Å². The van der Waals surface area contributed by atoms with E-state index in [1.165, 1.54) is 29.9 Å². The van der Waals surface area contributed by atoms with Crippen molar-refractivity contribution in [2.75, 3.05) is 26.6 Å². The van der Waals surface area contributed by atoms with Gasteiger partial charge in [0.1, 0.15) is 5.75 Å². The Morgan fingerprint density at radius 3 is 2.38 bits per heavy atom. The molecule has 3 heteroatoms. The van der Waals surface area contributed by atoms with Gasteiger partial charge in [-0.1, -0.05) is 6.42 Å². The zero-order valence-corrected chi connectivity index (χ0v) is 10.9. The topological polar surface area (TPSA) is 18.5 Å². The molecule has 0 amide bonds. The van der Waals surface area contributed by atoms with Gasteiger partial charge in [-0.05, 0) is 42.9 Å². The van der Waals surface area contributed by atoms with Crippen LogP contribution in [0.1, 0.15) is 19.3 Å². The Hall–Kier alpha value is -0.670. The number of rotatable bonds is 8. The van der Waals surface area contributed by atoms with Crippen molar-refractivity contribution in [2.24, 2.45) is 0 Å². The van der Waals surface area contributed by atoms with Crippen molar-refractivity contribution in [3.63, 3.8) is 0 Å². The van der Waals surface area contributed by atoms with Gasteiger partial charge in [-0.3, -0.25) is 0 Å². The first-order valence-corrected chi connectivity index (χ1v) is 6.61. The maximum Gasteiger partial charge on any atom is 0.118 e. The summed E-state index contributed by atoms with van der Waals surface area (Å²) < 4.78 is 10.1. The van der Waals surface area contributed by atoms with Gasteiger partial charge >= 0.3 is 0 Å². The maximum absolute atomic E-state index is 5.12. The highest BCUT2D eigenvalue weighted by Gasteiger charge is 1.95.